The Kier molecular flexibility index (Phi) is 3.96. The van der Waals surface area contributed by atoms with E-state index in [0.717, 1.165) is 23.6 Å². The number of benzene rings is 1. The van der Waals surface area contributed by atoms with Crippen LogP contribution >= 0.6 is 0 Å². The van der Waals surface area contributed by atoms with E-state index in [1.807, 2.05) is 13.0 Å². The minimum absolute atomic E-state index is 0.578. The third kappa shape index (κ3) is 2.99. The smallest absolute Gasteiger partial charge is 0.130 e. The number of nitrogens with two attached hydrogens (primary N) is 1. The standard InChI is InChI=1S/C16H21N3/c1-10-7-11(2)16(12(3)8-10)14-9-13(4)18-15(19-14)5-6-17/h7-9H,5-6,17H2,1-4H3. The van der Waals surface area contributed by atoms with Gasteiger partial charge in [-0.25, -0.2) is 9.97 Å². The van der Waals surface area contributed by atoms with Crippen molar-refractivity contribution in [3.8, 4) is 11.3 Å². The molecule has 0 saturated carbocycles. The van der Waals surface area contributed by atoms with Gasteiger partial charge in [-0.2, -0.15) is 0 Å². The van der Waals surface area contributed by atoms with Crippen molar-refractivity contribution < 1.29 is 0 Å². The van der Waals surface area contributed by atoms with Gasteiger partial charge in [-0.3, -0.25) is 0 Å². The van der Waals surface area contributed by atoms with Crippen molar-refractivity contribution in [1.29, 1.82) is 0 Å². The average Bonchev–Trinajstić information content (AvgIpc) is 2.26. The van der Waals surface area contributed by atoms with Gasteiger partial charge in [0.2, 0.25) is 0 Å². The van der Waals surface area contributed by atoms with Crippen molar-refractivity contribution in [2.75, 3.05) is 6.54 Å². The van der Waals surface area contributed by atoms with Gasteiger partial charge >= 0.3 is 0 Å². The molecule has 0 atom stereocenters. The molecule has 1 heterocycles. The van der Waals surface area contributed by atoms with E-state index in [-0.39, 0.29) is 0 Å². The third-order valence-corrected chi connectivity index (χ3v) is 3.20. The number of hydrogen-bond acceptors (Lipinski definition) is 3. The van der Waals surface area contributed by atoms with Crippen molar-refractivity contribution in [1.82, 2.24) is 9.97 Å². The highest BCUT2D eigenvalue weighted by Crippen LogP contribution is 2.27. The Hall–Kier alpha value is -1.74. The van der Waals surface area contributed by atoms with Crippen molar-refractivity contribution >= 4 is 0 Å². The quantitative estimate of drug-likeness (QED) is 0.917. The Morgan fingerprint density at radius 3 is 2.16 bits per heavy atom. The monoisotopic (exact) mass is 255 g/mol. The Labute approximate surface area is 114 Å². The first-order valence-electron chi connectivity index (χ1n) is 6.64. The van der Waals surface area contributed by atoms with Crippen molar-refractivity contribution in [2.45, 2.75) is 34.1 Å². The summed E-state index contributed by atoms with van der Waals surface area (Å²) in [7, 11) is 0. The molecule has 3 nitrogen and oxygen atoms in total. The van der Waals surface area contributed by atoms with Crippen molar-refractivity contribution in [3.05, 3.63) is 46.4 Å². The van der Waals surface area contributed by atoms with E-state index in [2.05, 4.69) is 42.9 Å². The fourth-order valence-electron chi connectivity index (χ4n) is 2.58. The summed E-state index contributed by atoms with van der Waals surface area (Å²) in [5, 5.41) is 0. The second kappa shape index (κ2) is 5.49. The lowest BCUT2D eigenvalue weighted by atomic mass is 9.97. The van der Waals surface area contributed by atoms with Gasteiger partial charge < -0.3 is 5.73 Å². The maximum atomic E-state index is 5.60. The summed E-state index contributed by atoms with van der Waals surface area (Å²) in [5.74, 6) is 0.830. The first-order valence-corrected chi connectivity index (χ1v) is 6.64. The van der Waals surface area contributed by atoms with Crippen LogP contribution in [0.15, 0.2) is 18.2 Å². The second-order valence-corrected chi connectivity index (χ2v) is 5.12. The zero-order chi connectivity index (χ0) is 14.0. The molecule has 0 aliphatic heterocycles. The maximum Gasteiger partial charge on any atom is 0.130 e. The van der Waals surface area contributed by atoms with E-state index in [1.54, 1.807) is 0 Å². The Balaban J connectivity index is 2.58. The summed E-state index contributed by atoms with van der Waals surface area (Å²) in [6.45, 7) is 8.97. The van der Waals surface area contributed by atoms with Crippen LogP contribution in [0, 0.1) is 27.7 Å². The minimum Gasteiger partial charge on any atom is -0.330 e. The lowest BCUT2D eigenvalue weighted by Gasteiger charge is -2.12. The lowest BCUT2D eigenvalue weighted by molar-refractivity contribution is 0.857. The molecule has 100 valence electrons. The number of rotatable bonds is 3. The molecule has 2 rings (SSSR count). The van der Waals surface area contributed by atoms with Crippen LogP contribution in [0.2, 0.25) is 0 Å². The molecule has 0 bridgehead atoms. The highest BCUT2D eigenvalue weighted by atomic mass is 14.9. The molecular formula is C16H21N3. The molecule has 0 spiro atoms. The largest absolute Gasteiger partial charge is 0.330 e. The van der Waals surface area contributed by atoms with E-state index >= 15 is 0 Å². The third-order valence-electron chi connectivity index (χ3n) is 3.20. The molecule has 2 N–H and O–H groups in total. The number of hydrogen-bond donors (Lipinski definition) is 1. The molecule has 0 unspecified atom stereocenters. The van der Waals surface area contributed by atoms with E-state index in [9.17, 15) is 0 Å². The molecule has 0 saturated heterocycles. The Morgan fingerprint density at radius 2 is 1.58 bits per heavy atom. The van der Waals surface area contributed by atoms with Gasteiger partial charge in [-0.1, -0.05) is 17.7 Å². The SMILES string of the molecule is Cc1cc(C)c(-c2cc(C)nc(CCN)n2)c(C)c1. The fraction of sp³-hybridized carbons (Fsp3) is 0.375. The zero-order valence-corrected chi connectivity index (χ0v) is 12.1. The Bertz CT molecular complexity index is 580. The fourth-order valence-corrected chi connectivity index (χ4v) is 2.58. The molecule has 3 heteroatoms. The highest BCUT2D eigenvalue weighted by molar-refractivity contribution is 5.68. The van der Waals surface area contributed by atoms with Gasteiger partial charge in [-0.15, -0.1) is 0 Å². The summed E-state index contributed by atoms with van der Waals surface area (Å²) in [5.41, 5.74) is 12.6. The van der Waals surface area contributed by atoms with Gasteiger partial charge in [-0.05, 0) is 51.4 Å². The second-order valence-electron chi connectivity index (χ2n) is 5.12. The minimum atomic E-state index is 0.578. The van der Waals surface area contributed by atoms with E-state index < -0.39 is 0 Å². The van der Waals surface area contributed by atoms with Crippen LogP contribution < -0.4 is 5.73 Å². The van der Waals surface area contributed by atoms with Gasteiger partial charge in [0.15, 0.2) is 0 Å². The van der Waals surface area contributed by atoms with Crippen molar-refractivity contribution in [3.63, 3.8) is 0 Å². The summed E-state index contributed by atoms with van der Waals surface area (Å²) in [6.07, 6.45) is 0.721. The van der Waals surface area contributed by atoms with Crippen LogP contribution in [0.4, 0.5) is 0 Å². The first-order chi connectivity index (χ1) is 9.01. The van der Waals surface area contributed by atoms with Crippen LogP contribution in [-0.4, -0.2) is 16.5 Å². The molecule has 2 aromatic rings. The van der Waals surface area contributed by atoms with Gasteiger partial charge in [0.25, 0.3) is 0 Å². The number of nitrogens with zero attached hydrogens (tertiary/aromatic N) is 2. The molecule has 0 fully saturated rings. The summed E-state index contributed by atoms with van der Waals surface area (Å²) >= 11 is 0. The van der Waals surface area contributed by atoms with Crippen LogP contribution in [0.3, 0.4) is 0 Å². The number of aryl methyl sites for hydroxylation is 4. The van der Waals surface area contributed by atoms with Crippen LogP contribution in [0.5, 0.6) is 0 Å². The van der Waals surface area contributed by atoms with Gasteiger partial charge in [0, 0.05) is 17.7 Å². The summed E-state index contributed by atoms with van der Waals surface area (Å²) < 4.78 is 0. The molecule has 0 amide bonds. The predicted octanol–water partition coefficient (Wildman–Crippen LogP) is 2.88. The van der Waals surface area contributed by atoms with Crippen LogP contribution in [-0.2, 0) is 6.42 Å². The van der Waals surface area contributed by atoms with Crippen LogP contribution in [0.1, 0.15) is 28.2 Å². The molecule has 1 aromatic heterocycles. The van der Waals surface area contributed by atoms with E-state index in [1.165, 1.54) is 22.3 Å². The number of aromatic nitrogens is 2. The lowest BCUT2D eigenvalue weighted by Crippen LogP contribution is -2.08. The molecule has 0 radical (unpaired) electrons. The zero-order valence-electron chi connectivity index (χ0n) is 12.1. The maximum absolute atomic E-state index is 5.60. The van der Waals surface area contributed by atoms with Crippen LogP contribution in [0.25, 0.3) is 11.3 Å². The molecule has 1 aromatic carbocycles. The normalized spacial score (nSPS) is 10.8. The topological polar surface area (TPSA) is 51.8 Å². The molecule has 19 heavy (non-hydrogen) atoms. The predicted molar refractivity (Wildman–Crippen MR) is 79.2 cm³/mol. The van der Waals surface area contributed by atoms with E-state index in [4.69, 9.17) is 5.73 Å². The summed E-state index contributed by atoms with van der Waals surface area (Å²) in [4.78, 5) is 9.09. The molecule has 0 aliphatic rings. The molecular weight excluding hydrogens is 234 g/mol. The van der Waals surface area contributed by atoms with Gasteiger partial charge in [0.05, 0.1) is 5.69 Å². The average molecular weight is 255 g/mol. The summed E-state index contributed by atoms with van der Waals surface area (Å²) in [6, 6.07) is 6.44. The van der Waals surface area contributed by atoms with Gasteiger partial charge in [0.1, 0.15) is 5.82 Å². The highest BCUT2D eigenvalue weighted by Gasteiger charge is 2.10. The molecule has 0 aliphatic carbocycles. The van der Waals surface area contributed by atoms with Crippen molar-refractivity contribution in [2.24, 2.45) is 5.73 Å². The first kappa shape index (κ1) is 13.7. The van der Waals surface area contributed by atoms with E-state index in [0.29, 0.717) is 6.54 Å². The Morgan fingerprint density at radius 1 is 0.947 bits per heavy atom.